The van der Waals surface area contributed by atoms with Gasteiger partial charge in [-0.1, -0.05) is 11.6 Å². The zero-order chi connectivity index (χ0) is 13.1. The second kappa shape index (κ2) is 5.61. The summed E-state index contributed by atoms with van der Waals surface area (Å²) in [5.41, 5.74) is 0.938. The predicted octanol–water partition coefficient (Wildman–Crippen LogP) is 1.78. The summed E-state index contributed by atoms with van der Waals surface area (Å²) < 4.78 is 24.7. The van der Waals surface area contributed by atoms with Crippen molar-refractivity contribution in [1.29, 1.82) is 0 Å². The Kier molecular flexibility index (Phi) is 4.11. The molecule has 18 heavy (non-hydrogen) atoms. The van der Waals surface area contributed by atoms with Crippen LogP contribution in [0.25, 0.3) is 0 Å². The molecule has 0 aromatic heterocycles. The molecule has 1 heterocycles. The van der Waals surface area contributed by atoms with Crippen molar-refractivity contribution in [2.24, 2.45) is 0 Å². The van der Waals surface area contributed by atoms with Crippen LogP contribution < -0.4 is 5.32 Å². The van der Waals surface area contributed by atoms with Gasteiger partial charge in [0.1, 0.15) is 5.82 Å². The monoisotopic (exact) mass is 269 g/mol. The molecule has 1 aliphatic heterocycles. The molecule has 0 unspecified atom stereocenters. The first-order valence-electron chi connectivity index (χ1n) is 5.98. The number of nitrogens with one attached hydrogen (secondary N) is 1. The molecule has 0 saturated carbocycles. The highest BCUT2D eigenvalue weighted by molar-refractivity contribution is 7.85. The van der Waals surface area contributed by atoms with E-state index in [4.69, 9.17) is 0 Å². The van der Waals surface area contributed by atoms with Gasteiger partial charge in [0.25, 0.3) is 5.91 Å². The third-order valence-electron chi connectivity index (χ3n) is 3.09. The van der Waals surface area contributed by atoms with Crippen LogP contribution in [-0.2, 0) is 10.8 Å². The summed E-state index contributed by atoms with van der Waals surface area (Å²) in [6.45, 7) is 1.82. The van der Waals surface area contributed by atoms with Gasteiger partial charge in [-0.2, -0.15) is 0 Å². The van der Waals surface area contributed by atoms with Crippen molar-refractivity contribution in [3.05, 3.63) is 35.1 Å². The van der Waals surface area contributed by atoms with Gasteiger partial charge >= 0.3 is 0 Å². The van der Waals surface area contributed by atoms with Gasteiger partial charge in [-0.05, 0) is 31.9 Å². The van der Waals surface area contributed by atoms with Crippen molar-refractivity contribution in [1.82, 2.24) is 5.32 Å². The van der Waals surface area contributed by atoms with Crippen molar-refractivity contribution >= 4 is 16.7 Å². The molecule has 1 aromatic rings. The second-order valence-corrected chi connectivity index (χ2v) is 6.28. The van der Waals surface area contributed by atoms with Gasteiger partial charge in [0.2, 0.25) is 0 Å². The van der Waals surface area contributed by atoms with E-state index in [1.165, 1.54) is 6.07 Å². The van der Waals surface area contributed by atoms with Crippen LogP contribution >= 0.6 is 0 Å². The average molecular weight is 269 g/mol. The summed E-state index contributed by atoms with van der Waals surface area (Å²) >= 11 is 0. The summed E-state index contributed by atoms with van der Waals surface area (Å²) in [6.07, 6.45) is 1.40. The van der Waals surface area contributed by atoms with Gasteiger partial charge < -0.3 is 5.32 Å². The van der Waals surface area contributed by atoms with Crippen LogP contribution in [0.3, 0.4) is 0 Å². The van der Waals surface area contributed by atoms with Gasteiger partial charge in [0.05, 0.1) is 5.56 Å². The van der Waals surface area contributed by atoms with E-state index >= 15 is 0 Å². The maximum atomic E-state index is 13.5. The summed E-state index contributed by atoms with van der Waals surface area (Å²) in [7, 11) is -0.754. The first-order valence-corrected chi connectivity index (χ1v) is 7.47. The van der Waals surface area contributed by atoms with Crippen LogP contribution in [0.5, 0.6) is 0 Å². The number of hydrogen-bond acceptors (Lipinski definition) is 2. The fraction of sp³-hybridized carbons (Fsp3) is 0.462. The summed E-state index contributed by atoms with van der Waals surface area (Å²) in [4.78, 5) is 11.9. The SMILES string of the molecule is Cc1ccc(F)c(C(=O)NC2CCS(=O)CC2)c1. The van der Waals surface area contributed by atoms with E-state index in [1.807, 2.05) is 6.92 Å². The normalized spacial score (nSPS) is 23.7. The molecule has 1 fully saturated rings. The number of aryl methyl sites for hydroxylation is 1. The third kappa shape index (κ3) is 3.16. The van der Waals surface area contributed by atoms with Gasteiger partial charge in [-0.3, -0.25) is 9.00 Å². The Balaban J connectivity index is 2.03. The summed E-state index contributed by atoms with van der Waals surface area (Å²) in [6, 6.07) is 4.50. The molecule has 1 aliphatic rings. The Bertz CT molecular complexity index is 480. The smallest absolute Gasteiger partial charge is 0.254 e. The lowest BCUT2D eigenvalue weighted by Crippen LogP contribution is -2.39. The minimum Gasteiger partial charge on any atom is -0.349 e. The van der Waals surface area contributed by atoms with Crippen LogP contribution in [0, 0.1) is 12.7 Å². The minimum atomic E-state index is -0.754. The maximum Gasteiger partial charge on any atom is 0.254 e. The van der Waals surface area contributed by atoms with Gasteiger partial charge in [-0.25, -0.2) is 4.39 Å². The molecular formula is C13H16FNO2S. The number of benzene rings is 1. The second-order valence-electron chi connectivity index (χ2n) is 4.58. The zero-order valence-electron chi connectivity index (χ0n) is 10.2. The van der Waals surface area contributed by atoms with Crippen LogP contribution in [-0.4, -0.2) is 27.7 Å². The van der Waals surface area contributed by atoms with Crippen LogP contribution in [0.2, 0.25) is 0 Å². The van der Waals surface area contributed by atoms with Crippen LogP contribution in [0.4, 0.5) is 4.39 Å². The zero-order valence-corrected chi connectivity index (χ0v) is 11.1. The standard InChI is InChI=1S/C13H16FNO2S/c1-9-2-3-12(14)11(8-9)13(16)15-10-4-6-18(17)7-5-10/h2-3,8,10H,4-7H2,1H3,(H,15,16). The highest BCUT2D eigenvalue weighted by Crippen LogP contribution is 2.13. The summed E-state index contributed by atoms with van der Waals surface area (Å²) in [5, 5.41) is 2.81. The number of hydrogen-bond donors (Lipinski definition) is 1. The maximum absolute atomic E-state index is 13.5. The molecule has 1 saturated heterocycles. The van der Waals surface area contributed by atoms with Crippen molar-refractivity contribution in [2.45, 2.75) is 25.8 Å². The number of amides is 1. The van der Waals surface area contributed by atoms with Crippen LogP contribution in [0.15, 0.2) is 18.2 Å². The molecule has 0 atom stereocenters. The van der Waals surface area contributed by atoms with E-state index in [0.29, 0.717) is 24.3 Å². The van der Waals surface area contributed by atoms with Crippen LogP contribution in [0.1, 0.15) is 28.8 Å². The van der Waals surface area contributed by atoms with Gasteiger partial charge in [-0.15, -0.1) is 0 Å². The molecule has 5 heteroatoms. The van der Waals surface area contributed by atoms with E-state index in [0.717, 1.165) is 5.56 Å². The lowest BCUT2D eigenvalue weighted by Gasteiger charge is -2.22. The molecule has 0 radical (unpaired) electrons. The average Bonchev–Trinajstić information content (AvgIpc) is 2.35. The molecular weight excluding hydrogens is 253 g/mol. The third-order valence-corrected chi connectivity index (χ3v) is 4.47. The van der Waals surface area contributed by atoms with E-state index in [1.54, 1.807) is 12.1 Å². The lowest BCUT2D eigenvalue weighted by atomic mass is 10.1. The minimum absolute atomic E-state index is 0.00936. The van der Waals surface area contributed by atoms with Crippen molar-refractivity contribution in [3.8, 4) is 0 Å². The number of rotatable bonds is 2. The van der Waals surface area contributed by atoms with Gasteiger partial charge in [0, 0.05) is 28.3 Å². The Hall–Kier alpha value is -1.23. The van der Waals surface area contributed by atoms with E-state index in [-0.39, 0.29) is 17.5 Å². The highest BCUT2D eigenvalue weighted by atomic mass is 32.2. The molecule has 0 bridgehead atoms. The molecule has 1 N–H and O–H groups in total. The number of carbonyl (C=O) groups is 1. The van der Waals surface area contributed by atoms with Gasteiger partial charge in [0.15, 0.2) is 0 Å². The number of carbonyl (C=O) groups excluding carboxylic acids is 1. The molecule has 1 aromatic carbocycles. The summed E-state index contributed by atoms with van der Waals surface area (Å²) in [5.74, 6) is 0.342. The van der Waals surface area contributed by atoms with E-state index in [2.05, 4.69) is 5.32 Å². The quantitative estimate of drug-likeness (QED) is 0.889. The predicted molar refractivity (Wildman–Crippen MR) is 69.5 cm³/mol. The van der Waals surface area contributed by atoms with E-state index < -0.39 is 16.6 Å². The highest BCUT2D eigenvalue weighted by Gasteiger charge is 2.21. The largest absolute Gasteiger partial charge is 0.349 e. The molecule has 0 aliphatic carbocycles. The Morgan fingerprint density at radius 1 is 1.39 bits per heavy atom. The fourth-order valence-electron chi connectivity index (χ4n) is 2.01. The topological polar surface area (TPSA) is 46.2 Å². The van der Waals surface area contributed by atoms with Crippen molar-refractivity contribution in [2.75, 3.05) is 11.5 Å². The Labute approximate surface area is 108 Å². The lowest BCUT2D eigenvalue weighted by molar-refractivity contribution is 0.0930. The Morgan fingerprint density at radius 3 is 2.72 bits per heavy atom. The van der Waals surface area contributed by atoms with E-state index in [9.17, 15) is 13.4 Å². The Morgan fingerprint density at radius 2 is 2.06 bits per heavy atom. The molecule has 3 nitrogen and oxygen atoms in total. The number of halogens is 1. The van der Waals surface area contributed by atoms with Crippen molar-refractivity contribution < 1.29 is 13.4 Å². The first kappa shape index (κ1) is 13.2. The molecule has 1 amide bonds. The molecule has 98 valence electrons. The van der Waals surface area contributed by atoms with Crippen molar-refractivity contribution in [3.63, 3.8) is 0 Å². The first-order chi connectivity index (χ1) is 8.56. The molecule has 0 spiro atoms. The fourth-order valence-corrected chi connectivity index (χ4v) is 3.31. The molecule has 2 rings (SSSR count).